The summed E-state index contributed by atoms with van der Waals surface area (Å²) < 4.78 is 0. The zero-order valence-electron chi connectivity index (χ0n) is 15.0. The van der Waals surface area contributed by atoms with Crippen molar-refractivity contribution in [3.63, 3.8) is 0 Å². The smallest absolute Gasteiger partial charge is 0.327 e. The molecule has 0 spiro atoms. The lowest BCUT2D eigenvalue weighted by Crippen LogP contribution is -2.48. The van der Waals surface area contributed by atoms with E-state index in [4.69, 9.17) is 16.6 Å². The Balaban J connectivity index is 1.54. The number of benzene rings is 1. The standard InChI is InChI=1S/C21H18ClN5O/c22-15-4-1-3-14(11-15)18-6-7-19-20(25-18)27(17-8-10-26(19)13-17)21(28)24-16-5-2-9-23-12-16/h1-7,9,11-12,17H,8,10,13H2,(H,24,28)/t17-/m0/s1. The first kappa shape index (κ1) is 17.0. The zero-order chi connectivity index (χ0) is 19.1. The number of pyridine rings is 2. The highest BCUT2D eigenvalue weighted by molar-refractivity contribution is 6.30. The van der Waals surface area contributed by atoms with Gasteiger partial charge >= 0.3 is 6.03 Å². The first-order valence-corrected chi connectivity index (χ1v) is 9.59. The molecule has 7 heteroatoms. The van der Waals surface area contributed by atoms with Crippen LogP contribution in [0.25, 0.3) is 11.3 Å². The Hall–Kier alpha value is -3.12. The highest BCUT2D eigenvalue weighted by Crippen LogP contribution is 2.40. The minimum atomic E-state index is -0.184. The summed E-state index contributed by atoms with van der Waals surface area (Å²) in [5.74, 6) is 0.688. The van der Waals surface area contributed by atoms with Crippen LogP contribution in [0, 0.1) is 0 Å². The van der Waals surface area contributed by atoms with Gasteiger partial charge < -0.3 is 10.2 Å². The Kier molecular flexibility index (Phi) is 4.13. The average Bonchev–Trinajstić information content (AvgIpc) is 3.13. The molecule has 4 heterocycles. The minimum Gasteiger partial charge on any atom is -0.366 e. The molecule has 1 fully saturated rings. The number of hydrogen-bond acceptors (Lipinski definition) is 4. The quantitative estimate of drug-likeness (QED) is 0.702. The van der Waals surface area contributed by atoms with Crippen molar-refractivity contribution in [1.29, 1.82) is 0 Å². The number of hydrogen-bond donors (Lipinski definition) is 1. The number of halogens is 1. The molecule has 0 aliphatic carbocycles. The summed E-state index contributed by atoms with van der Waals surface area (Å²) in [6.45, 7) is 1.75. The van der Waals surface area contributed by atoms with E-state index in [1.165, 1.54) is 0 Å². The van der Waals surface area contributed by atoms with Gasteiger partial charge in [0.05, 0.1) is 29.3 Å². The van der Waals surface area contributed by atoms with E-state index < -0.39 is 0 Å². The van der Waals surface area contributed by atoms with Gasteiger partial charge in [-0.25, -0.2) is 9.78 Å². The number of nitrogens with one attached hydrogen (secondary N) is 1. The van der Waals surface area contributed by atoms with Crippen molar-refractivity contribution in [1.82, 2.24) is 9.97 Å². The van der Waals surface area contributed by atoms with Crippen LogP contribution >= 0.6 is 11.6 Å². The predicted octanol–water partition coefficient (Wildman–Crippen LogP) is 4.43. The predicted molar refractivity (Wildman–Crippen MR) is 111 cm³/mol. The largest absolute Gasteiger partial charge is 0.366 e. The Morgan fingerprint density at radius 3 is 2.93 bits per heavy atom. The third-order valence-electron chi connectivity index (χ3n) is 5.20. The summed E-state index contributed by atoms with van der Waals surface area (Å²) in [6, 6.07) is 15.2. The van der Waals surface area contributed by atoms with Gasteiger partial charge in [0.25, 0.3) is 0 Å². The molecule has 28 heavy (non-hydrogen) atoms. The van der Waals surface area contributed by atoms with E-state index in [0.717, 1.165) is 36.5 Å². The fraction of sp³-hybridized carbons (Fsp3) is 0.190. The maximum absolute atomic E-state index is 13.1. The topological polar surface area (TPSA) is 61.4 Å². The van der Waals surface area contributed by atoms with Crippen LogP contribution in [0.5, 0.6) is 0 Å². The lowest BCUT2D eigenvalue weighted by Gasteiger charge is -2.35. The summed E-state index contributed by atoms with van der Waals surface area (Å²) in [4.78, 5) is 26.1. The van der Waals surface area contributed by atoms with Gasteiger partial charge in [-0.3, -0.25) is 9.88 Å². The molecule has 2 aliphatic heterocycles. The van der Waals surface area contributed by atoms with E-state index in [1.807, 2.05) is 42.5 Å². The molecule has 0 radical (unpaired) electrons. The number of anilines is 3. The van der Waals surface area contributed by atoms with E-state index in [9.17, 15) is 4.79 Å². The highest BCUT2D eigenvalue weighted by atomic mass is 35.5. The monoisotopic (exact) mass is 391 g/mol. The van der Waals surface area contributed by atoms with Gasteiger partial charge in [0.2, 0.25) is 0 Å². The van der Waals surface area contributed by atoms with Gasteiger partial charge in [-0.05, 0) is 42.8 Å². The molecule has 0 unspecified atom stereocenters. The lowest BCUT2D eigenvalue weighted by molar-refractivity contribution is 0.255. The Labute approximate surface area is 167 Å². The number of aromatic nitrogens is 2. The molecule has 6 nitrogen and oxygen atoms in total. The van der Waals surface area contributed by atoms with Gasteiger partial charge in [-0.1, -0.05) is 23.7 Å². The third-order valence-corrected chi connectivity index (χ3v) is 5.44. The van der Waals surface area contributed by atoms with Crippen LogP contribution in [0.4, 0.5) is 22.0 Å². The first-order valence-electron chi connectivity index (χ1n) is 9.21. The van der Waals surface area contributed by atoms with E-state index in [2.05, 4.69) is 15.2 Å². The number of carbonyl (C=O) groups excluding carboxylic acids is 1. The molecule has 1 N–H and O–H groups in total. The number of carbonyl (C=O) groups is 1. The van der Waals surface area contributed by atoms with Crippen molar-refractivity contribution in [3.05, 3.63) is 65.9 Å². The van der Waals surface area contributed by atoms with Crippen LogP contribution in [0.1, 0.15) is 6.42 Å². The van der Waals surface area contributed by atoms with Crippen LogP contribution in [0.3, 0.4) is 0 Å². The van der Waals surface area contributed by atoms with E-state index in [-0.39, 0.29) is 12.1 Å². The summed E-state index contributed by atoms with van der Waals surface area (Å²) in [5, 5.41) is 3.61. The van der Waals surface area contributed by atoms with Gasteiger partial charge in [0.1, 0.15) is 0 Å². The minimum absolute atomic E-state index is 0.103. The molecule has 140 valence electrons. The number of urea groups is 1. The fourth-order valence-electron chi connectivity index (χ4n) is 3.90. The molecular weight excluding hydrogens is 374 g/mol. The van der Waals surface area contributed by atoms with Gasteiger partial charge in [-0.15, -0.1) is 0 Å². The lowest BCUT2D eigenvalue weighted by atomic mass is 10.1. The van der Waals surface area contributed by atoms with Gasteiger partial charge in [-0.2, -0.15) is 0 Å². The average molecular weight is 392 g/mol. The van der Waals surface area contributed by atoms with Crippen molar-refractivity contribution in [2.45, 2.75) is 12.5 Å². The molecule has 5 rings (SSSR count). The molecule has 1 saturated heterocycles. The Morgan fingerprint density at radius 2 is 2.11 bits per heavy atom. The molecule has 2 aromatic heterocycles. The van der Waals surface area contributed by atoms with Crippen LogP contribution in [-0.4, -0.2) is 35.1 Å². The normalized spacial score (nSPS) is 17.4. The van der Waals surface area contributed by atoms with Crippen molar-refractivity contribution in [2.75, 3.05) is 28.2 Å². The third kappa shape index (κ3) is 2.96. The Bertz CT molecular complexity index is 1040. The van der Waals surface area contributed by atoms with Crippen LogP contribution in [0.15, 0.2) is 60.9 Å². The van der Waals surface area contributed by atoms with E-state index in [1.54, 1.807) is 23.4 Å². The summed E-state index contributed by atoms with van der Waals surface area (Å²) >= 11 is 6.15. The number of rotatable bonds is 2. The first-order chi connectivity index (χ1) is 13.7. The zero-order valence-corrected chi connectivity index (χ0v) is 15.8. The van der Waals surface area contributed by atoms with Crippen molar-refractivity contribution in [3.8, 4) is 11.3 Å². The second kappa shape index (κ2) is 6.80. The molecule has 2 bridgehead atoms. The second-order valence-electron chi connectivity index (χ2n) is 6.98. The Morgan fingerprint density at radius 1 is 1.18 bits per heavy atom. The molecule has 3 aromatic rings. The number of nitrogens with zero attached hydrogens (tertiary/aromatic N) is 4. The summed E-state index contributed by atoms with van der Waals surface area (Å²) in [7, 11) is 0. The molecular formula is C21H18ClN5O. The van der Waals surface area contributed by atoms with Crippen molar-refractivity contribution >= 4 is 34.8 Å². The van der Waals surface area contributed by atoms with Gasteiger partial charge in [0, 0.05) is 29.9 Å². The van der Waals surface area contributed by atoms with E-state index >= 15 is 0 Å². The highest BCUT2D eigenvalue weighted by Gasteiger charge is 2.40. The molecule has 2 amide bonds. The second-order valence-corrected chi connectivity index (χ2v) is 7.42. The molecule has 2 aliphatic rings. The number of fused-ring (bicyclic) bond motifs is 4. The van der Waals surface area contributed by atoms with Crippen LogP contribution < -0.4 is 15.1 Å². The van der Waals surface area contributed by atoms with Crippen LogP contribution in [-0.2, 0) is 0 Å². The molecule has 1 aromatic carbocycles. The van der Waals surface area contributed by atoms with Crippen LogP contribution in [0.2, 0.25) is 5.02 Å². The number of amides is 2. The van der Waals surface area contributed by atoms with Gasteiger partial charge in [0.15, 0.2) is 5.82 Å². The fourth-order valence-corrected chi connectivity index (χ4v) is 4.09. The maximum Gasteiger partial charge on any atom is 0.327 e. The maximum atomic E-state index is 13.1. The van der Waals surface area contributed by atoms with Crippen molar-refractivity contribution in [2.24, 2.45) is 0 Å². The van der Waals surface area contributed by atoms with Crippen molar-refractivity contribution < 1.29 is 4.79 Å². The summed E-state index contributed by atoms with van der Waals surface area (Å²) in [5.41, 5.74) is 3.38. The molecule has 1 atom stereocenters. The summed E-state index contributed by atoms with van der Waals surface area (Å²) in [6.07, 6.45) is 4.24. The van der Waals surface area contributed by atoms with E-state index in [0.29, 0.717) is 16.5 Å². The molecule has 0 saturated carbocycles. The SMILES string of the molecule is O=C(Nc1cccnc1)N1c2nc(-c3cccc(Cl)c3)ccc2N2CC[C@H]1C2.